The lowest BCUT2D eigenvalue weighted by Crippen LogP contribution is -2.40. The van der Waals surface area contributed by atoms with E-state index in [0.717, 1.165) is 25.7 Å². The smallest absolute Gasteiger partial charge is 0.254 e. The van der Waals surface area contributed by atoms with Gasteiger partial charge in [0.05, 0.1) is 4.99 Å². The van der Waals surface area contributed by atoms with Crippen LogP contribution in [0.25, 0.3) is 0 Å². The van der Waals surface area contributed by atoms with Crippen LogP contribution in [0.2, 0.25) is 0 Å². The lowest BCUT2D eigenvalue weighted by atomic mass is 10.1. The topological polar surface area (TPSA) is 46.3 Å². The van der Waals surface area contributed by atoms with E-state index in [2.05, 4.69) is 0 Å². The van der Waals surface area contributed by atoms with Gasteiger partial charge in [-0.15, -0.1) is 0 Å². The Morgan fingerprint density at radius 3 is 2.45 bits per heavy atom. The fourth-order valence-electron chi connectivity index (χ4n) is 2.65. The van der Waals surface area contributed by atoms with Crippen molar-refractivity contribution in [2.75, 3.05) is 6.54 Å². The van der Waals surface area contributed by atoms with Gasteiger partial charge in [-0.25, -0.2) is 4.39 Å². The van der Waals surface area contributed by atoms with Gasteiger partial charge in [0.25, 0.3) is 5.91 Å². The summed E-state index contributed by atoms with van der Waals surface area (Å²) in [5.41, 5.74) is 6.06. The highest BCUT2D eigenvalue weighted by molar-refractivity contribution is 7.80. The molecular weight excluding hydrogens is 275 g/mol. The van der Waals surface area contributed by atoms with E-state index >= 15 is 0 Å². The Morgan fingerprint density at radius 2 is 1.90 bits per heavy atom. The number of halogens is 1. The van der Waals surface area contributed by atoms with Crippen LogP contribution in [-0.4, -0.2) is 28.4 Å². The summed E-state index contributed by atoms with van der Waals surface area (Å²) in [5, 5.41) is 0. The molecule has 1 amide bonds. The number of nitrogens with zero attached hydrogens (tertiary/aromatic N) is 1. The number of carbonyl (C=O) groups excluding carboxylic acids is 1. The van der Waals surface area contributed by atoms with Crippen molar-refractivity contribution in [3.63, 3.8) is 0 Å². The van der Waals surface area contributed by atoms with E-state index in [1.165, 1.54) is 24.3 Å². The third kappa shape index (κ3) is 3.76. The molecule has 0 spiro atoms. The van der Waals surface area contributed by atoms with Crippen LogP contribution < -0.4 is 5.73 Å². The maximum absolute atomic E-state index is 12.9. The molecule has 0 unspecified atom stereocenters. The predicted octanol–water partition coefficient (Wildman–Crippen LogP) is 2.89. The van der Waals surface area contributed by atoms with Crippen LogP contribution >= 0.6 is 12.2 Å². The molecule has 20 heavy (non-hydrogen) atoms. The number of carbonyl (C=O) groups is 1. The Hall–Kier alpha value is -1.49. The summed E-state index contributed by atoms with van der Waals surface area (Å²) in [6.45, 7) is 0.538. The van der Waals surface area contributed by atoms with E-state index in [-0.39, 0.29) is 17.8 Å². The number of hydrogen-bond acceptors (Lipinski definition) is 2. The van der Waals surface area contributed by atoms with Crippen LogP contribution in [0.5, 0.6) is 0 Å². The Bertz CT molecular complexity index is 483. The van der Waals surface area contributed by atoms with Crippen LogP contribution in [0.1, 0.15) is 42.5 Å². The summed E-state index contributed by atoms with van der Waals surface area (Å²) in [4.78, 5) is 14.8. The monoisotopic (exact) mass is 294 g/mol. The molecule has 1 aromatic rings. The molecule has 5 heteroatoms. The molecule has 1 fully saturated rings. The van der Waals surface area contributed by atoms with Crippen molar-refractivity contribution in [2.45, 2.75) is 38.1 Å². The molecule has 108 valence electrons. The zero-order valence-corrected chi connectivity index (χ0v) is 12.2. The molecule has 1 saturated carbocycles. The molecule has 1 aromatic carbocycles. The fraction of sp³-hybridized carbons (Fsp3) is 0.467. The van der Waals surface area contributed by atoms with Gasteiger partial charge >= 0.3 is 0 Å². The first kappa shape index (κ1) is 14.9. The molecule has 0 aromatic heterocycles. The van der Waals surface area contributed by atoms with E-state index < -0.39 is 0 Å². The van der Waals surface area contributed by atoms with Gasteiger partial charge in [0.1, 0.15) is 5.82 Å². The van der Waals surface area contributed by atoms with Crippen LogP contribution in [0.3, 0.4) is 0 Å². The molecule has 0 saturated heterocycles. The Morgan fingerprint density at radius 1 is 1.30 bits per heavy atom. The molecule has 0 bridgehead atoms. The van der Waals surface area contributed by atoms with Gasteiger partial charge in [0.2, 0.25) is 0 Å². The summed E-state index contributed by atoms with van der Waals surface area (Å²) in [6.07, 6.45) is 4.85. The van der Waals surface area contributed by atoms with Crippen molar-refractivity contribution in [3.8, 4) is 0 Å². The minimum Gasteiger partial charge on any atom is -0.393 e. The van der Waals surface area contributed by atoms with Gasteiger partial charge in [0, 0.05) is 24.6 Å². The van der Waals surface area contributed by atoms with Crippen molar-refractivity contribution in [1.29, 1.82) is 0 Å². The van der Waals surface area contributed by atoms with Crippen molar-refractivity contribution < 1.29 is 9.18 Å². The number of benzene rings is 1. The van der Waals surface area contributed by atoms with E-state index in [9.17, 15) is 9.18 Å². The molecule has 0 aliphatic heterocycles. The molecule has 2 N–H and O–H groups in total. The van der Waals surface area contributed by atoms with Crippen LogP contribution in [0, 0.1) is 5.82 Å². The van der Waals surface area contributed by atoms with Crippen LogP contribution in [0.4, 0.5) is 4.39 Å². The Kier molecular flexibility index (Phi) is 5.06. The lowest BCUT2D eigenvalue weighted by molar-refractivity contribution is 0.0688. The second-order valence-corrected chi connectivity index (χ2v) is 5.68. The Labute approximate surface area is 123 Å². The second kappa shape index (κ2) is 6.79. The zero-order chi connectivity index (χ0) is 14.5. The zero-order valence-electron chi connectivity index (χ0n) is 11.3. The Balaban J connectivity index is 2.13. The highest BCUT2D eigenvalue weighted by atomic mass is 32.1. The quantitative estimate of drug-likeness (QED) is 0.849. The minimum atomic E-state index is -0.336. The van der Waals surface area contributed by atoms with E-state index in [1.807, 2.05) is 4.90 Å². The summed E-state index contributed by atoms with van der Waals surface area (Å²) < 4.78 is 12.9. The van der Waals surface area contributed by atoms with Crippen LogP contribution in [-0.2, 0) is 0 Å². The molecule has 0 heterocycles. The standard InChI is InChI=1S/C15H19FN2OS/c16-12-7-5-11(6-8-12)15(19)18(10-9-14(17)20)13-3-1-2-4-13/h5-8,13H,1-4,9-10H2,(H2,17,20). The molecule has 1 aliphatic carbocycles. The normalized spacial score (nSPS) is 15.2. The second-order valence-electron chi connectivity index (χ2n) is 5.16. The SMILES string of the molecule is NC(=S)CCN(C(=O)c1ccc(F)cc1)C1CCCC1. The molecule has 2 rings (SSSR count). The summed E-state index contributed by atoms with van der Waals surface area (Å²) >= 11 is 4.90. The third-order valence-corrected chi connectivity index (χ3v) is 3.92. The first-order chi connectivity index (χ1) is 9.58. The predicted molar refractivity (Wildman–Crippen MR) is 81.1 cm³/mol. The maximum Gasteiger partial charge on any atom is 0.254 e. The van der Waals surface area contributed by atoms with Crippen molar-refractivity contribution in [2.24, 2.45) is 5.73 Å². The molecule has 3 nitrogen and oxygen atoms in total. The molecule has 0 radical (unpaired) electrons. The number of thiocarbonyl (C=S) groups is 1. The van der Waals surface area contributed by atoms with Crippen molar-refractivity contribution in [1.82, 2.24) is 4.90 Å². The number of nitrogens with two attached hydrogens (primary N) is 1. The summed E-state index contributed by atoms with van der Waals surface area (Å²) in [5.74, 6) is -0.398. The first-order valence-corrected chi connectivity index (χ1v) is 7.33. The highest BCUT2D eigenvalue weighted by Crippen LogP contribution is 2.25. The lowest BCUT2D eigenvalue weighted by Gasteiger charge is -2.29. The van der Waals surface area contributed by atoms with Gasteiger partial charge in [-0.05, 0) is 37.1 Å². The summed E-state index contributed by atoms with van der Waals surface area (Å²) in [7, 11) is 0. The van der Waals surface area contributed by atoms with Gasteiger partial charge in [-0.2, -0.15) is 0 Å². The average Bonchev–Trinajstić information content (AvgIpc) is 2.93. The van der Waals surface area contributed by atoms with Crippen LogP contribution in [0.15, 0.2) is 24.3 Å². The maximum atomic E-state index is 12.9. The summed E-state index contributed by atoms with van der Waals surface area (Å²) in [6, 6.07) is 5.93. The number of hydrogen-bond donors (Lipinski definition) is 1. The highest BCUT2D eigenvalue weighted by Gasteiger charge is 2.27. The first-order valence-electron chi connectivity index (χ1n) is 6.93. The van der Waals surface area contributed by atoms with Gasteiger partial charge in [-0.3, -0.25) is 4.79 Å². The number of amides is 1. The van der Waals surface area contributed by atoms with Crippen molar-refractivity contribution in [3.05, 3.63) is 35.6 Å². The van der Waals surface area contributed by atoms with Crippen molar-refractivity contribution >= 4 is 23.1 Å². The van der Waals surface area contributed by atoms with Gasteiger partial charge in [0.15, 0.2) is 0 Å². The largest absolute Gasteiger partial charge is 0.393 e. The van der Waals surface area contributed by atoms with Gasteiger partial charge < -0.3 is 10.6 Å². The third-order valence-electron chi connectivity index (χ3n) is 3.72. The number of rotatable bonds is 5. The minimum absolute atomic E-state index is 0.0619. The molecular formula is C15H19FN2OS. The van der Waals surface area contributed by atoms with E-state index in [4.69, 9.17) is 18.0 Å². The average molecular weight is 294 g/mol. The van der Waals surface area contributed by atoms with Gasteiger partial charge in [-0.1, -0.05) is 25.1 Å². The fourth-order valence-corrected chi connectivity index (χ4v) is 2.75. The van der Waals surface area contributed by atoms with E-state index in [0.29, 0.717) is 23.5 Å². The molecule has 0 atom stereocenters. The van der Waals surface area contributed by atoms with E-state index in [1.54, 1.807) is 0 Å². The molecule has 1 aliphatic rings.